The summed E-state index contributed by atoms with van der Waals surface area (Å²) in [6.07, 6.45) is 1.87. The molecule has 4 heterocycles. The maximum Gasteiger partial charge on any atom is 0.148 e. The standard InChI is InChI=1S/C24H28N4O.CH4/c1-13-26-19-14(9-10-25-20(19)22(2,3)4)21-27-16-11-15-18(12-17(16)28(13)21)29-24(7,8)23(15,5)6;/h9-12H,1-8H3;1H4. The van der Waals surface area contributed by atoms with Crippen LogP contribution in [0.4, 0.5) is 0 Å². The Labute approximate surface area is 178 Å². The van der Waals surface area contributed by atoms with Crippen LogP contribution in [0.15, 0.2) is 24.4 Å². The molecule has 0 unspecified atom stereocenters. The average Bonchev–Trinajstić information content (AvgIpc) is 3.05. The number of rotatable bonds is 0. The van der Waals surface area contributed by atoms with Crippen molar-refractivity contribution in [2.45, 2.75) is 79.2 Å². The van der Waals surface area contributed by atoms with E-state index in [1.807, 2.05) is 19.2 Å². The zero-order valence-corrected chi connectivity index (χ0v) is 18.5. The fraction of sp³-hybridized carbons (Fsp3) is 0.480. The summed E-state index contributed by atoms with van der Waals surface area (Å²) in [5.41, 5.74) is 5.65. The average molecular weight is 405 g/mol. The molecule has 0 fully saturated rings. The molecule has 0 radical (unpaired) electrons. The molecule has 4 aromatic rings. The Kier molecular flexibility index (Phi) is 4.07. The minimum atomic E-state index is -0.262. The molecule has 0 saturated heterocycles. The van der Waals surface area contributed by atoms with Gasteiger partial charge >= 0.3 is 0 Å². The fourth-order valence-electron chi connectivity index (χ4n) is 4.42. The zero-order chi connectivity index (χ0) is 20.9. The van der Waals surface area contributed by atoms with E-state index in [2.05, 4.69) is 70.0 Å². The van der Waals surface area contributed by atoms with Gasteiger partial charge in [0.15, 0.2) is 0 Å². The Hall–Kier alpha value is -2.69. The zero-order valence-electron chi connectivity index (χ0n) is 18.5. The highest BCUT2D eigenvalue weighted by Gasteiger charge is 2.48. The molecule has 0 N–H and O–H groups in total. The van der Waals surface area contributed by atoms with E-state index in [1.165, 1.54) is 5.56 Å². The van der Waals surface area contributed by atoms with Gasteiger partial charge in [-0.15, -0.1) is 0 Å². The Morgan fingerprint density at radius 2 is 1.73 bits per heavy atom. The lowest BCUT2D eigenvalue weighted by atomic mass is 9.74. The quantitative estimate of drug-likeness (QED) is 0.354. The minimum absolute atomic E-state index is 0. The number of nitrogens with zero attached hydrogens (tertiary/aromatic N) is 4. The van der Waals surface area contributed by atoms with Crippen molar-refractivity contribution in [2.24, 2.45) is 0 Å². The summed E-state index contributed by atoms with van der Waals surface area (Å²) in [4.78, 5) is 14.7. The van der Waals surface area contributed by atoms with Crippen LogP contribution in [0.2, 0.25) is 0 Å². The molecule has 0 amide bonds. The van der Waals surface area contributed by atoms with Gasteiger partial charge in [0.2, 0.25) is 0 Å². The summed E-state index contributed by atoms with van der Waals surface area (Å²) in [7, 11) is 0. The van der Waals surface area contributed by atoms with Gasteiger partial charge in [-0.2, -0.15) is 0 Å². The molecule has 0 spiro atoms. The third kappa shape index (κ3) is 2.50. The van der Waals surface area contributed by atoms with E-state index < -0.39 is 0 Å². The van der Waals surface area contributed by atoms with Gasteiger partial charge in [-0.05, 0) is 32.9 Å². The number of fused-ring (bicyclic) bond motifs is 6. The fourth-order valence-corrected chi connectivity index (χ4v) is 4.42. The number of aryl methyl sites for hydroxylation is 1. The van der Waals surface area contributed by atoms with Crippen LogP contribution in [-0.4, -0.2) is 25.0 Å². The van der Waals surface area contributed by atoms with Gasteiger partial charge in [0.1, 0.15) is 22.8 Å². The van der Waals surface area contributed by atoms with E-state index in [1.54, 1.807) is 0 Å². The normalized spacial score (nSPS) is 17.2. The summed E-state index contributed by atoms with van der Waals surface area (Å²) >= 11 is 0. The van der Waals surface area contributed by atoms with Crippen molar-refractivity contribution in [1.82, 2.24) is 19.4 Å². The van der Waals surface area contributed by atoms with Crippen LogP contribution in [-0.2, 0) is 10.8 Å². The molecule has 1 aliphatic rings. The smallest absolute Gasteiger partial charge is 0.148 e. The molecule has 5 rings (SSSR count). The van der Waals surface area contributed by atoms with E-state index in [4.69, 9.17) is 14.7 Å². The Balaban J connectivity index is 0.00000218. The molecule has 0 aliphatic carbocycles. The monoisotopic (exact) mass is 404 g/mol. The first-order valence-corrected chi connectivity index (χ1v) is 10.2. The molecule has 0 atom stereocenters. The van der Waals surface area contributed by atoms with Gasteiger partial charge < -0.3 is 4.74 Å². The Morgan fingerprint density at radius 3 is 2.40 bits per heavy atom. The van der Waals surface area contributed by atoms with Crippen molar-refractivity contribution in [3.05, 3.63) is 41.5 Å². The molecule has 0 bridgehead atoms. The molecule has 1 aromatic carbocycles. The Bertz CT molecular complexity index is 1320. The third-order valence-electron chi connectivity index (χ3n) is 6.77. The lowest BCUT2D eigenvalue weighted by Crippen LogP contribution is -2.41. The summed E-state index contributed by atoms with van der Waals surface area (Å²) in [5.74, 6) is 1.85. The van der Waals surface area contributed by atoms with Crippen LogP contribution in [0, 0.1) is 6.92 Å². The largest absolute Gasteiger partial charge is 0.487 e. The molecule has 5 nitrogen and oxygen atoms in total. The highest BCUT2D eigenvalue weighted by molar-refractivity contribution is 5.98. The number of ether oxygens (including phenoxy) is 1. The summed E-state index contributed by atoms with van der Waals surface area (Å²) < 4.78 is 8.50. The van der Waals surface area contributed by atoms with E-state index >= 15 is 0 Å². The third-order valence-corrected chi connectivity index (χ3v) is 6.77. The topological polar surface area (TPSA) is 52.3 Å². The van der Waals surface area contributed by atoms with Gasteiger partial charge in [0.05, 0.1) is 22.2 Å². The van der Waals surface area contributed by atoms with E-state index in [0.717, 1.165) is 44.9 Å². The number of hydrogen-bond donors (Lipinski definition) is 0. The predicted octanol–water partition coefficient (Wildman–Crippen LogP) is 6.12. The second kappa shape index (κ2) is 5.93. The first-order chi connectivity index (χ1) is 13.4. The van der Waals surface area contributed by atoms with Gasteiger partial charge in [-0.25, -0.2) is 9.97 Å². The van der Waals surface area contributed by atoms with Crippen molar-refractivity contribution < 1.29 is 4.74 Å². The van der Waals surface area contributed by atoms with Crippen LogP contribution >= 0.6 is 0 Å². The minimum Gasteiger partial charge on any atom is -0.487 e. The molecule has 0 saturated carbocycles. The van der Waals surface area contributed by atoms with E-state index in [-0.39, 0.29) is 23.9 Å². The van der Waals surface area contributed by atoms with Crippen molar-refractivity contribution in [1.29, 1.82) is 0 Å². The van der Waals surface area contributed by atoms with Crippen LogP contribution in [0.1, 0.15) is 73.0 Å². The molecule has 3 aromatic heterocycles. The number of imidazole rings is 1. The van der Waals surface area contributed by atoms with Crippen LogP contribution < -0.4 is 4.74 Å². The maximum atomic E-state index is 6.36. The summed E-state index contributed by atoms with van der Waals surface area (Å²) in [5, 5.41) is 1.03. The van der Waals surface area contributed by atoms with Crippen molar-refractivity contribution in [2.75, 3.05) is 0 Å². The molecule has 158 valence electrons. The Morgan fingerprint density at radius 1 is 1.03 bits per heavy atom. The number of aromatic nitrogens is 4. The molecule has 30 heavy (non-hydrogen) atoms. The van der Waals surface area contributed by atoms with Crippen LogP contribution in [0.3, 0.4) is 0 Å². The number of hydrogen-bond acceptors (Lipinski definition) is 4. The maximum absolute atomic E-state index is 6.36. The highest BCUT2D eigenvalue weighted by atomic mass is 16.5. The van der Waals surface area contributed by atoms with Crippen LogP contribution in [0.5, 0.6) is 5.75 Å². The lowest BCUT2D eigenvalue weighted by Gasteiger charge is -2.33. The van der Waals surface area contributed by atoms with E-state index in [9.17, 15) is 0 Å². The SMILES string of the molecule is C.Cc1nc2c(C(C)(C)C)nccc2c2nc3cc4c(cc3n12)OC(C)(C)C4(C)C. The number of benzene rings is 1. The first-order valence-electron chi connectivity index (χ1n) is 10.2. The molecular weight excluding hydrogens is 372 g/mol. The highest BCUT2D eigenvalue weighted by Crippen LogP contribution is 2.50. The van der Waals surface area contributed by atoms with Gasteiger partial charge in [-0.3, -0.25) is 9.38 Å². The molecular formula is C25H32N4O. The summed E-state index contributed by atoms with van der Waals surface area (Å²) in [6, 6.07) is 6.35. The lowest BCUT2D eigenvalue weighted by molar-refractivity contribution is 0.0713. The van der Waals surface area contributed by atoms with Gasteiger partial charge in [0.25, 0.3) is 0 Å². The summed E-state index contributed by atoms with van der Waals surface area (Å²) in [6.45, 7) is 17.3. The van der Waals surface area contributed by atoms with E-state index in [0.29, 0.717) is 0 Å². The second-order valence-electron chi connectivity index (χ2n) is 10.3. The van der Waals surface area contributed by atoms with Crippen molar-refractivity contribution in [3.63, 3.8) is 0 Å². The van der Waals surface area contributed by atoms with Crippen LogP contribution in [0.25, 0.3) is 27.6 Å². The van der Waals surface area contributed by atoms with Gasteiger partial charge in [-0.1, -0.05) is 42.0 Å². The molecule has 1 aliphatic heterocycles. The van der Waals surface area contributed by atoms with Gasteiger partial charge in [0, 0.05) is 34.0 Å². The van der Waals surface area contributed by atoms with Crippen molar-refractivity contribution in [3.8, 4) is 5.75 Å². The van der Waals surface area contributed by atoms with Crippen molar-refractivity contribution >= 4 is 27.6 Å². The first kappa shape index (κ1) is 20.6. The second-order valence-corrected chi connectivity index (χ2v) is 10.3. The number of pyridine rings is 1. The molecule has 5 heteroatoms. The predicted molar refractivity (Wildman–Crippen MR) is 124 cm³/mol.